The van der Waals surface area contributed by atoms with Crippen LogP contribution in [0.2, 0.25) is 0 Å². The van der Waals surface area contributed by atoms with Crippen LogP contribution >= 0.6 is 0 Å². The molecule has 0 aliphatic rings. The molecule has 0 aromatic heterocycles. The van der Waals surface area contributed by atoms with Crippen molar-refractivity contribution in [2.24, 2.45) is 5.92 Å². The smallest absolute Gasteiger partial charge is 0.297 e. The molecule has 0 radical (unpaired) electrons. The first-order valence-corrected chi connectivity index (χ1v) is 3.10. The third-order valence-corrected chi connectivity index (χ3v) is 1.06. The molecule has 0 aromatic carbocycles. The van der Waals surface area contributed by atoms with Crippen LogP contribution in [0.4, 0.5) is 8.78 Å². The van der Waals surface area contributed by atoms with Gasteiger partial charge in [0, 0.05) is 6.42 Å². The van der Waals surface area contributed by atoms with Gasteiger partial charge in [-0.15, -0.1) is 0 Å². The van der Waals surface area contributed by atoms with E-state index in [4.69, 9.17) is 10.2 Å². The summed E-state index contributed by atoms with van der Waals surface area (Å²) in [5.74, 6) is -3.61. The molecular formula is C6H12F2O2. The molecule has 0 spiro atoms. The van der Waals surface area contributed by atoms with Crippen molar-refractivity contribution >= 4 is 0 Å². The lowest BCUT2D eigenvalue weighted by molar-refractivity contribution is -0.214. The summed E-state index contributed by atoms with van der Waals surface area (Å²) in [6.45, 7) is 3.19. The van der Waals surface area contributed by atoms with Crippen LogP contribution in [-0.2, 0) is 0 Å². The van der Waals surface area contributed by atoms with E-state index >= 15 is 0 Å². The third-order valence-electron chi connectivity index (χ3n) is 1.06. The summed E-state index contributed by atoms with van der Waals surface area (Å²) in [6, 6.07) is 0. The van der Waals surface area contributed by atoms with Crippen molar-refractivity contribution in [3.8, 4) is 0 Å². The van der Waals surface area contributed by atoms with Gasteiger partial charge in [-0.25, -0.2) is 8.78 Å². The van der Waals surface area contributed by atoms with Crippen molar-refractivity contribution in [3.05, 3.63) is 0 Å². The molecule has 0 aromatic rings. The lowest BCUT2D eigenvalue weighted by Crippen LogP contribution is -2.34. The molecule has 0 aliphatic carbocycles. The van der Waals surface area contributed by atoms with Crippen LogP contribution in [0.5, 0.6) is 0 Å². The molecule has 0 saturated heterocycles. The topological polar surface area (TPSA) is 40.5 Å². The molecule has 0 unspecified atom stereocenters. The number of halogens is 2. The highest BCUT2D eigenvalue weighted by molar-refractivity contribution is 4.69. The first kappa shape index (κ1) is 9.78. The summed E-state index contributed by atoms with van der Waals surface area (Å²) < 4.78 is 24.6. The average molecular weight is 154 g/mol. The first-order chi connectivity index (χ1) is 4.36. The molecule has 0 amide bonds. The highest BCUT2D eigenvalue weighted by atomic mass is 19.3. The quantitative estimate of drug-likeness (QED) is 0.595. The van der Waals surface area contributed by atoms with Crippen molar-refractivity contribution in [2.75, 3.05) is 0 Å². The zero-order chi connectivity index (χ0) is 8.36. The fourth-order valence-corrected chi connectivity index (χ4v) is 0.650. The Morgan fingerprint density at radius 2 is 1.70 bits per heavy atom. The van der Waals surface area contributed by atoms with Gasteiger partial charge in [0.1, 0.15) is 0 Å². The Morgan fingerprint density at radius 1 is 1.30 bits per heavy atom. The molecule has 0 saturated carbocycles. The summed E-state index contributed by atoms with van der Waals surface area (Å²) >= 11 is 0. The van der Waals surface area contributed by atoms with Gasteiger partial charge < -0.3 is 10.2 Å². The molecule has 0 heterocycles. The fraction of sp³-hybridized carbons (Fsp3) is 1.00. The zero-order valence-electron chi connectivity index (χ0n) is 6.01. The Bertz CT molecular complexity index is 102. The second kappa shape index (κ2) is 3.25. The Morgan fingerprint density at radius 3 is 1.80 bits per heavy atom. The molecule has 0 atom stereocenters. The van der Waals surface area contributed by atoms with E-state index in [1.807, 2.05) is 0 Å². The van der Waals surface area contributed by atoms with Crippen LogP contribution in [0, 0.1) is 5.92 Å². The second-order valence-electron chi connectivity index (χ2n) is 2.73. The van der Waals surface area contributed by atoms with Crippen LogP contribution in [-0.4, -0.2) is 22.4 Å². The number of aliphatic hydroxyl groups excluding tert-OH is 1. The number of aliphatic hydroxyl groups is 2. The van der Waals surface area contributed by atoms with Crippen molar-refractivity contribution in [3.63, 3.8) is 0 Å². The summed E-state index contributed by atoms with van der Waals surface area (Å²) in [5, 5.41) is 16.3. The molecule has 10 heavy (non-hydrogen) atoms. The number of hydrogen-bond acceptors (Lipinski definition) is 2. The second-order valence-corrected chi connectivity index (χ2v) is 2.73. The van der Waals surface area contributed by atoms with Crippen LogP contribution < -0.4 is 0 Å². The predicted molar refractivity (Wildman–Crippen MR) is 32.6 cm³/mol. The summed E-state index contributed by atoms with van der Waals surface area (Å²) in [6.07, 6.45) is -3.03. The van der Waals surface area contributed by atoms with E-state index < -0.39 is 18.6 Å². The normalized spacial score (nSPS) is 13.2. The number of alkyl halides is 2. The number of rotatable bonds is 3. The maximum atomic E-state index is 12.3. The van der Waals surface area contributed by atoms with E-state index in [1.54, 1.807) is 13.8 Å². The van der Waals surface area contributed by atoms with Crippen molar-refractivity contribution in [2.45, 2.75) is 32.5 Å². The number of hydrogen-bond donors (Lipinski definition) is 2. The highest BCUT2D eigenvalue weighted by Gasteiger charge is 2.37. The maximum Gasteiger partial charge on any atom is 0.297 e. The van der Waals surface area contributed by atoms with Gasteiger partial charge in [-0.3, -0.25) is 0 Å². The third kappa shape index (κ3) is 3.08. The Balaban J connectivity index is 3.87. The van der Waals surface area contributed by atoms with E-state index in [9.17, 15) is 8.78 Å². The fourth-order valence-electron chi connectivity index (χ4n) is 0.650. The SMILES string of the molecule is CC(C)CC(F)(F)C(O)O. The van der Waals surface area contributed by atoms with Crippen molar-refractivity contribution < 1.29 is 19.0 Å². The highest BCUT2D eigenvalue weighted by Crippen LogP contribution is 2.25. The lowest BCUT2D eigenvalue weighted by Gasteiger charge is -2.19. The monoisotopic (exact) mass is 154 g/mol. The first-order valence-electron chi connectivity index (χ1n) is 3.10. The molecule has 2 nitrogen and oxygen atoms in total. The molecule has 0 fully saturated rings. The van der Waals surface area contributed by atoms with Gasteiger partial charge >= 0.3 is 0 Å². The van der Waals surface area contributed by atoms with Gasteiger partial charge in [0.15, 0.2) is 0 Å². The van der Waals surface area contributed by atoms with Gasteiger partial charge in [-0.1, -0.05) is 13.8 Å². The molecule has 2 N–H and O–H groups in total. The minimum Gasteiger partial charge on any atom is -0.363 e. The maximum absolute atomic E-state index is 12.3. The zero-order valence-corrected chi connectivity index (χ0v) is 6.01. The molecule has 0 aliphatic heterocycles. The van der Waals surface area contributed by atoms with Crippen LogP contribution in [0.15, 0.2) is 0 Å². The standard InChI is InChI=1S/C6H12F2O2/c1-4(2)3-6(7,8)5(9)10/h4-5,9-10H,3H2,1-2H3. The van der Waals surface area contributed by atoms with Crippen molar-refractivity contribution in [1.29, 1.82) is 0 Å². The van der Waals surface area contributed by atoms with E-state index in [0.29, 0.717) is 0 Å². The summed E-state index contributed by atoms with van der Waals surface area (Å²) in [7, 11) is 0. The van der Waals surface area contributed by atoms with Crippen molar-refractivity contribution in [1.82, 2.24) is 0 Å². The molecule has 62 valence electrons. The van der Waals surface area contributed by atoms with Gasteiger partial charge in [0.2, 0.25) is 6.29 Å². The summed E-state index contributed by atoms with van der Waals surface area (Å²) in [4.78, 5) is 0. The van der Waals surface area contributed by atoms with Gasteiger partial charge in [-0.2, -0.15) is 0 Å². The molecule has 0 rings (SSSR count). The molecule has 4 heteroatoms. The predicted octanol–water partition coefficient (Wildman–Crippen LogP) is 0.978. The Hall–Kier alpha value is -0.220. The Labute approximate surface area is 58.5 Å². The van der Waals surface area contributed by atoms with E-state index in [0.717, 1.165) is 0 Å². The lowest BCUT2D eigenvalue weighted by atomic mass is 10.1. The largest absolute Gasteiger partial charge is 0.363 e. The minimum atomic E-state index is -3.37. The van der Waals surface area contributed by atoms with Gasteiger partial charge in [0.05, 0.1) is 0 Å². The van der Waals surface area contributed by atoms with E-state index in [-0.39, 0.29) is 5.92 Å². The van der Waals surface area contributed by atoms with Gasteiger partial charge in [0.25, 0.3) is 5.92 Å². The van der Waals surface area contributed by atoms with Crippen LogP contribution in [0.1, 0.15) is 20.3 Å². The molecular weight excluding hydrogens is 142 g/mol. The van der Waals surface area contributed by atoms with E-state index in [1.165, 1.54) is 0 Å². The van der Waals surface area contributed by atoms with E-state index in [2.05, 4.69) is 0 Å². The van der Waals surface area contributed by atoms with Crippen LogP contribution in [0.25, 0.3) is 0 Å². The molecule has 0 bridgehead atoms. The minimum absolute atomic E-state index is 0.239. The van der Waals surface area contributed by atoms with Gasteiger partial charge in [-0.05, 0) is 5.92 Å². The average Bonchev–Trinajstić information content (AvgIpc) is 1.60. The Kier molecular flexibility index (Phi) is 3.18. The van der Waals surface area contributed by atoms with Crippen LogP contribution in [0.3, 0.4) is 0 Å². The summed E-state index contributed by atoms with van der Waals surface area (Å²) in [5.41, 5.74) is 0.